The van der Waals surface area contributed by atoms with Crippen molar-refractivity contribution in [2.24, 2.45) is 5.92 Å². The first-order chi connectivity index (χ1) is 16.0. The largest absolute Gasteiger partial charge is 0.356 e. The molecule has 6 heteroatoms. The average molecular weight is 447 g/mol. The summed E-state index contributed by atoms with van der Waals surface area (Å²) in [6, 6.07) is 17.9. The predicted molar refractivity (Wildman–Crippen MR) is 132 cm³/mol. The molecule has 1 heterocycles. The van der Waals surface area contributed by atoms with Gasteiger partial charge in [-0.25, -0.2) is 4.98 Å². The highest BCUT2D eigenvalue weighted by molar-refractivity contribution is 5.94. The SMILES string of the molecule is CC(C)N(C(=O)Cn1c(CCCCCNC(=O)C2CC2)nc2ccccc21)c1ccccc1. The molecule has 4 rings (SSSR count). The number of rotatable bonds is 11. The van der Waals surface area contributed by atoms with Crippen LogP contribution in [-0.4, -0.2) is 34.0 Å². The van der Waals surface area contributed by atoms with Crippen LogP contribution in [0.4, 0.5) is 5.69 Å². The third-order valence-corrected chi connectivity index (χ3v) is 6.17. The molecule has 1 aromatic heterocycles. The number of anilines is 1. The van der Waals surface area contributed by atoms with Crippen LogP contribution in [0.25, 0.3) is 11.0 Å². The van der Waals surface area contributed by atoms with Crippen LogP contribution < -0.4 is 10.2 Å². The second kappa shape index (κ2) is 10.6. The summed E-state index contributed by atoms with van der Waals surface area (Å²) in [4.78, 5) is 31.9. The van der Waals surface area contributed by atoms with Gasteiger partial charge in [0.2, 0.25) is 11.8 Å². The molecule has 174 valence electrons. The zero-order chi connectivity index (χ0) is 23.2. The third-order valence-electron chi connectivity index (χ3n) is 6.17. The molecule has 0 atom stereocenters. The molecule has 3 aromatic rings. The highest BCUT2D eigenvalue weighted by Crippen LogP contribution is 2.28. The van der Waals surface area contributed by atoms with Gasteiger partial charge in [-0.05, 0) is 63.8 Å². The number of unbranched alkanes of at least 4 members (excludes halogenated alkanes) is 2. The molecule has 0 bridgehead atoms. The maximum Gasteiger partial charge on any atom is 0.247 e. The lowest BCUT2D eigenvalue weighted by Gasteiger charge is -2.27. The van der Waals surface area contributed by atoms with Gasteiger partial charge in [-0.3, -0.25) is 9.59 Å². The van der Waals surface area contributed by atoms with Crippen LogP contribution in [0.15, 0.2) is 54.6 Å². The van der Waals surface area contributed by atoms with Crippen molar-refractivity contribution in [1.29, 1.82) is 0 Å². The van der Waals surface area contributed by atoms with Crippen molar-refractivity contribution in [2.75, 3.05) is 11.4 Å². The normalized spacial score (nSPS) is 13.4. The van der Waals surface area contributed by atoms with Gasteiger partial charge in [0.05, 0.1) is 11.0 Å². The Hall–Kier alpha value is -3.15. The van der Waals surface area contributed by atoms with Crippen LogP contribution >= 0.6 is 0 Å². The summed E-state index contributed by atoms with van der Waals surface area (Å²) in [6.07, 6.45) is 5.85. The number of hydrogen-bond donors (Lipinski definition) is 1. The molecule has 2 amide bonds. The summed E-state index contributed by atoms with van der Waals surface area (Å²) in [5, 5.41) is 3.03. The van der Waals surface area contributed by atoms with Gasteiger partial charge in [-0.2, -0.15) is 0 Å². The first-order valence-electron chi connectivity index (χ1n) is 12.1. The standard InChI is InChI=1S/C27H34N4O2/c1-20(2)31(22-11-5-3-6-12-22)26(32)19-30-24-14-9-8-13-23(24)29-25(30)15-7-4-10-18-28-27(33)21-16-17-21/h3,5-6,8-9,11-14,20-21H,4,7,10,15-19H2,1-2H3,(H,28,33). The van der Waals surface area contributed by atoms with Crippen molar-refractivity contribution in [1.82, 2.24) is 14.9 Å². The number of hydrogen-bond acceptors (Lipinski definition) is 3. The summed E-state index contributed by atoms with van der Waals surface area (Å²) >= 11 is 0. The molecule has 1 N–H and O–H groups in total. The zero-order valence-corrected chi connectivity index (χ0v) is 19.7. The second-order valence-electron chi connectivity index (χ2n) is 9.17. The van der Waals surface area contributed by atoms with E-state index in [1.165, 1.54) is 0 Å². The molecule has 1 aliphatic rings. The lowest BCUT2D eigenvalue weighted by molar-refractivity contribution is -0.122. The summed E-state index contributed by atoms with van der Waals surface area (Å²) in [7, 11) is 0. The van der Waals surface area contributed by atoms with Gasteiger partial charge in [0, 0.05) is 30.6 Å². The van der Waals surface area contributed by atoms with Crippen molar-refractivity contribution in [3.63, 3.8) is 0 Å². The van der Waals surface area contributed by atoms with Gasteiger partial charge in [-0.15, -0.1) is 0 Å². The predicted octanol–water partition coefficient (Wildman–Crippen LogP) is 4.72. The number of nitrogens with zero attached hydrogens (tertiary/aromatic N) is 3. The van der Waals surface area contributed by atoms with Gasteiger partial charge in [-0.1, -0.05) is 36.8 Å². The molecule has 0 radical (unpaired) electrons. The summed E-state index contributed by atoms with van der Waals surface area (Å²) in [5.74, 6) is 1.49. The fraction of sp³-hybridized carbons (Fsp3) is 0.444. The smallest absolute Gasteiger partial charge is 0.247 e. The van der Waals surface area contributed by atoms with Crippen molar-refractivity contribution < 1.29 is 9.59 Å². The van der Waals surface area contributed by atoms with E-state index >= 15 is 0 Å². The van der Waals surface area contributed by atoms with Crippen LogP contribution in [0.2, 0.25) is 0 Å². The summed E-state index contributed by atoms with van der Waals surface area (Å²) in [6.45, 7) is 5.09. The van der Waals surface area contributed by atoms with Crippen molar-refractivity contribution in [3.05, 3.63) is 60.4 Å². The van der Waals surface area contributed by atoms with Crippen LogP contribution in [0.3, 0.4) is 0 Å². The maximum absolute atomic E-state index is 13.4. The molecule has 1 fully saturated rings. The number of aromatic nitrogens is 2. The van der Waals surface area contributed by atoms with Gasteiger partial charge in [0.1, 0.15) is 12.4 Å². The molecular weight excluding hydrogens is 412 g/mol. The molecule has 33 heavy (non-hydrogen) atoms. The van der Waals surface area contributed by atoms with E-state index in [1.54, 1.807) is 0 Å². The Morgan fingerprint density at radius 2 is 1.76 bits per heavy atom. The highest BCUT2D eigenvalue weighted by atomic mass is 16.2. The average Bonchev–Trinajstić information content (AvgIpc) is 3.60. The number of fused-ring (bicyclic) bond motifs is 1. The van der Waals surface area contributed by atoms with E-state index in [4.69, 9.17) is 4.98 Å². The van der Waals surface area contributed by atoms with E-state index in [0.717, 1.165) is 67.6 Å². The van der Waals surface area contributed by atoms with Gasteiger partial charge < -0.3 is 14.8 Å². The molecule has 1 aliphatic carbocycles. The summed E-state index contributed by atoms with van der Waals surface area (Å²) in [5.41, 5.74) is 2.83. The fourth-order valence-corrected chi connectivity index (χ4v) is 4.31. The Balaban J connectivity index is 1.42. The number of carbonyl (C=O) groups excluding carboxylic acids is 2. The molecule has 0 saturated heterocycles. The van der Waals surface area contributed by atoms with E-state index in [9.17, 15) is 9.59 Å². The van der Waals surface area contributed by atoms with Crippen molar-refractivity contribution >= 4 is 28.5 Å². The molecule has 0 aliphatic heterocycles. The second-order valence-corrected chi connectivity index (χ2v) is 9.17. The first kappa shape index (κ1) is 23.0. The lowest BCUT2D eigenvalue weighted by atomic mass is 10.2. The number of carbonyl (C=O) groups is 2. The van der Waals surface area contributed by atoms with Crippen LogP contribution in [0.5, 0.6) is 0 Å². The Morgan fingerprint density at radius 1 is 1.03 bits per heavy atom. The molecule has 1 saturated carbocycles. The van der Waals surface area contributed by atoms with E-state index in [2.05, 4.69) is 9.88 Å². The molecular formula is C27H34N4O2. The number of amides is 2. The minimum Gasteiger partial charge on any atom is -0.356 e. The minimum absolute atomic E-state index is 0.0587. The van der Waals surface area contributed by atoms with E-state index in [-0.39, 0.29) is 30.3 Å². The monoisotopic (exact) mass is 446 g/mol. The molecule has 6 nitrogen and oxygen atoms in total. The third kappa shape index (κ3) is 5.81. The number of aryl methyl sites for hydroxylation is 1. The number of nitrogens with one attached hydrogen (secondary N) is 1. The highest BCUT2D eigenvalue weighted by Gasteiger charge is 2.29. The molecule has 0 unspecified atom stereocenters. The number of benzene rings is 2. The number of imidazole rings is 1. The van der Waals surface area contributed by atoms with Gasteiger partial charge >= 0.3 is 0 Å². The van der Waals surface area contributed by atoms with E-state index < -0.39 is 0 Å². The van der Waals surface area contributed by atoms with E-state index in [0.29, 0.717) is 0 Å². The van der Waals surface area contributed by atoms with Gasteiger partial charge in [0.15, 0.2) is 0 Å². The quantitative estimate of drug-likeness (QED) is 0.434. The Morgan fingerprint density at radius 3 is 2.48 bits per heavy atom. The van der Waals surface area contributed by atoms with Crippen molar-refractivity contribution in [3.8, 4) is 0 Å². The van der Waals surface area contributed by atoms with Crippen LogP contribution in [-0.2, 0) is 22.6 Å². The first-order valence-corrected chi connectivity index (χ1v) is 12.1. The van der Waals surface area contributed by atoms with Crippen molar-refractivity contribution in [2.45, 2.75) is 65.0 Å². The summed E-state index contributed by atoms with van der Waals surface area (Å²) < 4.78 is 2.07. The zero-order valence-electron chi connectivity index (χ0n) is 19.7. The van der Waals surface area contributed by atoms with Gasteiger partial charge in [0.25, 0.3) is 0 Å². The lowest BCUT2D eigenvalue weighted by Crippen LogP contribution is -2.39. The Bertz CT molecular complexity index is 1090. The number of para-hydroxylation sites is 3. The minimum atomic E-state index is 0.0587. The maximum atomic E-state index is 13.4. The van der Waals surface area contributed by atoms with Crippen LogP contribution in [0, 0.1) is 5.92 Å². The molecule has 0 spiro atoms. The topological polar surface area (TPSA) is 67.2 Å². The Kier molecular flexibility index (Phi) is 7.43. The molecule has 2 aromatic carbocycles. The van der Waals surface area contributed by atoms with Crippen LogP contribution in [0.1, 0.15) is 51.8 Å². The fourth-order valence-electron chi connectivity index (χ4n) is 4.31. The Labute approximate surface area is 196 Å². The van der Waals surface area contributed by atoms with E-state index in [1.807, 2.05) is 73.3 Å².